The van der Waals surface area contributed by atoms with Crippen LogP contribution in [-0.2, 0) is 0 Å². The highest BCUT2D eigenvalue weighted by atomic mass is 15.0. The first-order valence-corrected chi connectivity index (χ1v) is 20.4. The Kier molecular flexibility index (Phi) is 6.95. The first-order valence-electron chi connectivity index (χ1n) is 20.4. The first-order chi connectivity index (χ1) is 29.7. The molecular formula is C55H33N5. The summed E-state index contributed by atoms with van der Waals surface area (Å²) in [5.74, 6) is 1.90. The highest BCUT2D eigenvalue weighted by Crippen LogP contribution is 2.45. The molecule has 0 aliphatic carbocycles. The Hall–Kier alpha value is -8.15. The summed E-state index contributed by atoms with van der Waals surface area (Å²) in [5, 5.41) is 9.82. The topological polar surface area (TPSA) is 48.0 Å². The van der Waals surface area contributed by atoms with Crippen LogP contribution in [0.1, 0.15) is 0 Å². The third kappa shape index (κ3) is 4.84. The SMILES string of the molecule is c1ccc(-c2nc(-c3cccc(-c4ccc5ccccc5c4)c3)nc(-c3ccc4c5ccc6c7c8c(cccc8n6-c6ccccc6)c6ccccc6n(c4c3)c57)n2)cc1. The number of fused-ring (bicyclic) bond motifs is 7. The zero-order chi connectivity index (χ0) is 39.3. The third-order valence-electron chi connectivity index (χ3n) is 12.3. The van der Waals surface area contributed by atoms with E-state index in [-0.39, 0.29) is 0 Å². The minimum absolute atomic E-state index is 0.628. The molecule has 0 aliphatic rings. The lowest BCUT2D eigenvalue weighted by Crippen LogP contribution is -2.00. The van der Waals surface area contributed by atoms with Crippen molar-refractivity contribution in [1.29, 1.82) is 0 Å². The van der Waals surface area contributed by atoms with Gasteiger partial charge in [0.05, 0.1) is 27.6 Å². The largest absolute Gasteiger partial charge is 0.309 e. The maximum atomic E-state index is 5.25. The van der Waals surface area contributed by atoms with Crippen LogP contribution < -0.4 is 0 Å². The van der Waals surface area contributed by atoms with Crippen LogP contribution in [0.25, 0.3) is 122 Å². The number of nitrogens with zero attached hydrogens (tertiary/aromatic N) is 5. The monoisotopic (exact) mass is 763 g/mol. The van der Waals surface area contributed by atoms with Crippen molar-refractivity contribution >= 4 is 70.7 Å². The van der Waals surface area contributed by atoms with E-state index in [0.717, 1.165) is 44.5 Å². The molecule has 4 heterocycles. The lowest BCUT2D eigenvalue weighted by atomic mass is 9.99. The van der Waals surface area contributed by atoms with Gasteiger partial charge in [0.15, 0.2) is 17.5 Å². The smallest absolute Gasteiger partial charge is 0.164 e. The Morgan fingerprint density at radius 2 is 0.867 bits per heavy atom. The minimum Gasteiger partial charge on any atom is -0.309 e. The molecule has 60 heavy (non-hydrogen) atoms. The van der Waals surface area contributed by atoms with Gasteiger partial charge in [0.2, 0.25) is 0 Å². The van der Waals surface area contributed by atoms with E-state index < -0.39 is 0 Å². The highest BCUT2D eigenvalue weighted by molar-refractivity contribution is 6.33. The van der Waals surface area contributed by atoms with Gasteiger partial charge in [0.1, 0.15) is 0 Å². The maximum Gasteiger partial charge on any atom is 0.164 e. The van der Waals surface area contributed by atoms with Crippen LogP contribution in [0.15, 0.2) is 200 Å². The maximum absolute atomic E-state index is 5.25. The average molecular weight is 764 g/mol. The van der Waals surface area contributed by atoms with Crippen molar-refractivity contribution < 1.29 is 0 Å². The summed E-state index contributed by atoms with van der Waals surface area (Å²) < 4.78 is 4.90. The summed E-state index contributed by atoms with van der Waals surface area (Å²) in [6.07, 6.45) is 0. The molecule has 0 radical (unpaired) electrons. The van der Waals surface area contributed by atoms with Crippen LogP contribution in [0.5, 0.6) is 0 Å². The Balaban J connectivity index is 1.07. The number of hydrogen-bond acceptors (Lipinski definition) is 3. The molecule has 5 heteroatoms. The van der Waals surface area contributed by atoms with Gasteiger partial charge in [-0.3, -0.25) is 0 Å². The molecule has 0 bridgehead atoms. The molecule has 9 aromatic carbocycles. The molecule has 0 atom stereocenters. The fourth-order valence-electron chi connectivity index (χ4n) is 9.57. The number of para-hydroxylation sites is 2. The molecule has 0 N–H and O–H groups in total. The minimum atomic E-state index is 0.628. The lowest BCUT2D eigenvalue weighted by Gasteiger charge is -2.10. The lowest BCUT2D eigenvalue weighted by molar-refractivity contribution is 1.07. The molecule has 0 aliphatic heterocycles. The molecule has 0 saturated heterocycles. The summed E-state index contributed by atoms with van der Waals surface area (Å²) in [6.45, 7) is 0. The van der Waals surface area contributed by atoms with Gasteiger partial charge in [0.25, 0.3) is 0 Å². The summed E-state index contributed by atoms with van der Waals surface area (Å²) in [7, 11) is 0. The second-order valence-corrected chi connectivity index (χ2v) is 15.6. The molecule has 0 amide bonds. The Morgan fingerprint density at radius 1 is 0.300 bits per heavy atom. The van der Waals surface area contributed by atoms with Crippen molar-refractivity contribution in [2.75, 3.05) is 0 Å². The van der Waals surface area contributed by atoms with Crippen LogP contribution in [0, 0.1) is 0 Å². The summed E-state index contributed by atoms with van der Waals surface area (Å²) in [4.78, 5) is 15.6. The van der Waals surface area contributed by atoms with Gasteiger partial charge in [-0.05, 0) is 75.8 Å². The molecule has 0 fully saturated rings. The van der Waals surface area contributed by atoms with Crippen molar-refractivity contribution in [2.45, 2.75) is 0 Å². The number of aromatic nitrogens is 5. The standard InChI is InChI=1S/C55H33N5/c1-3-14-35(15-4-1)53-56-54(39-18-11-17-37(32-39)38-26-25-34-13-7-8-16-36(34)31-38)58-55(57-53)40-27-28-43-45-29-30-48-51-50-44(22-12-24-47(50)59(48)41-19-5-2-6-20-41)42-21-9-10-23-46(42)60(52(45)51)49(43)33-40/h1-33H. The van der Waals surface area contributed by atoms with Gasteiger partial charge in [0, 0.05) is 49.3 Å². The number of hydrogen-bond donors (Lipinski definition) is 0. The van der Waals surface area contributed by atoms with E-state index in [1.54, 1.807) is 0 Å². The van der Waals surface area contributed by atoms with Crippen molar-refractivity contribution in [3.8, 4) is 51.0 Å². The van der Waals surface area contributed by atoms with E-state index in [1.165, 1.54) is 59.6 Å². The fourth-order valence-corrected chi connectivity index (χ4v) is 9.57. The average Bonchev–Trinajstić information content (AvgIpc) is 3.80. The van der Waals surface area contributed by atoms with Gasteiger partial charge < -0.3 is 8.97 Å². The van der Waals surface area contributed by atoms with E-state index in [9.17, 15) is 0 Å². The summed E-state index contributed by atoms with van der Waals surface area (Å²) in [6, 6.07) is 71.4. The predicted octanol–water partition coefficient (Wildman–Crippen LogP) is 13.9. The summed E-state index contributed by atoms with van der Waals surface area (Å²) >= 11 is 0. The first kappa shape index (κ1) is 32.9. The van der Waals surface area contributed by atoms with Crippen LogP contribution in [0.3, 0.4) is 0 Å². The van der Waals surface area contributed by atoms with Gasteiger partial charge >= 0.3 is 0 Å². The molecule has 13 aromatic rings. The van der Waals surface area contributed by atoms with Gasteiger partial charge in [-0.25, -0.2) is 15.0 Å². The normalized spacial score (nSPS) is 12.0. The third-order valence-corrected chi connectivity index (χ3v) is 12.3. The van der Waals surface area contributed by atoms with E-state index >= 15 is 0 Å². The second kappa shape index (κ2) is 12.7. The van der Waals surface area contributed by atoms with Gasteiger partial charge in [-0.1, -0.05) is 152 Å². The highest BCUT2D eigenvalue weighted by Gasteiger charge is 2.24. The zero-order valence-corrected chi connectivity index (χ0v) is 32.3. The zero-order valence-electron chi connectivity index (χ0n) is 32.3. The van der Waals surface area contributed by atoms with Crippen molar-refractivity contribution in [2.24, 2.45) is 0 Å². The van der Waals surface area contributed by atoms with Gasteiger partial charge in [-0.2, -0.15) is 0 Å². The Bertz CT molecular complexity index is 3820. The van der Waals surface area contributed by atoms with E-state index in [4.69, 9.17) is 15.0 Å². The fraction of sp³-hybridized carbons (Fsp3) is 0. The summed E-state index contributed by atoms with van der Waals surface area (Å²) in [5.41, 5.74) is 12.1. The molecular weight excluding hydrogens is 731 g/mol. The van der Waals surface area contributed by atoms with E-state index in [2.05, 4.69) is 191 Å². The van der Waals surface area contributed by atoms with Crippen LogP contribution >= 0.6 is 0 Å². The molecule has 0 spiro atoms. The molecule has 0 saturated carbocycles. The van der Waals surface area contributed by atoms with E-state index in [1.807, 2.05) is 18.2 Å². The van der Waals surface area contributed by atoms with Crippen molar-refractivity contribution in [3.63, 3.8) is 0 Å². The molecule has 13 rings (SSSR count). The molecule has 4 aromatic heterocycles. The molecule has 278 valence electrons. The van der Waals surface area contributed by atoms with Gasteiger partial charge in [-0.15, -0.1) is 0 Å². The van der Waals surface area contributed by atoms with Crippen molar-refractivity contribution in [1.82, 2.24) is 23.9 Å². The number of benzene rings is 9. The molecule has 0 unspecified atom stereocenters. The number of rotatable bonds is 5. The van der Waals surface area contributed by atoms with Crippen molar-refractivity contribution in [3.05, 3.63) is 200 Å². The van der Waals surface area contributed by atoms with E-state index in [0.29, 0.717) is 17.5 Å². The second-order valence-electron chi connectivity index (χ2n) is 15.6. The van der Waals surface area contributed by atoms with Crippen LogP contribution in [0.4, 0.5) is 0 Å². The molecule has 5 nitrogen and oxygen atoms in total. The Morgan fingerprint density at radius 3 is 1.72 bits per heavy atom. The predicted molar refractivity (Wildman–Crippen MR) is 248 cm³/mol. The quantitative estimate of drug-likeness (QED) is 0.175. The Labute approximate surface area is 344 Å². The van der Waals surface area contributed by atoms with Crippen LogP contribution in [-0.4, -0.2) is 23.9 Å². The van der Waals surface area contributed by atoms with Crippen LogP contribution in [0.2, 0.25) is 0 Å².